The molecule has 0 bridgehead atoms. The lowest BCUT2D eigenvalue weighted by atomic mass is 9.65. The summed E-state index contributed by atoms with van der Waals surface area (Å²) in [5, 5.41) is 8.21. The normalized spacial score (nSPS) is 26.0. The van der Waals surface area contributed by atoms with Crippen molar-refractivity contribution in [1.29, 1.82) is 0 Å². The molecular weight excluding hydrogens is 258 g/mol. The second-order valence-corrected chi connectivity index (χ2v) is 8.53. The molecule has 1 saturated carbocycles. The molecule has 0 spiro atoms. The first-order valence-electron chi connectivity index (χ1n) is 8.47. The summed E-state index contributed by atoms with van der Waals surface area (Å²) in [5.41, 5.74) is 2.09. The average molecular weight is 291 g/mol. The predicted octanol–water partition coefficient (Wildman–Crippen LogP) is 4.20. The maximum Gasteiger partial charge on any atom is 0.0524 e. The van der Waals surface area contributed by atoms with Crippen LogP contribution in [0.5, 0.6) is 0 Å². The van der Waals surface area contributed by atoms with E-state index in [1.165, 1.54) is 24.8 Å². The lowest BCUT2D eigenvalue weighted by molar-refractivity contribution is 0.154. The van der Waals surface area contributed by atoms with Crippen LogP contribution < -0.4 is 5.32 Å². The molecule has 2 rings (SSSR count). The summed E-state index contributed by atoms with van der Waals surface area (Å²) in [6, 6.07) is 0. The van der Waals surface area contributed by atoms with Gasteiger partial charge in [0.05, 0.1) is 6.20 Å². The van der Waals surface area contributed by atoms with Crippen molar-refractivity contribution in [1.82, 2.24) is 15.1 Å². The fourth-order valence-electron chi connectivity index (χ4n) is 3.46. The molecule has 0 amide bonds. The summed E-state index contributed by atoms with van der Waals surface area (Å²) in [5.74, 6) is 1.37. The van der Waals surface area contributed by atoms with Gasteiger partial charge in [-0.1, -0.05) is 13.8 Å². The molecule has 120 valence electrons. The summed E-state index contributed by atoms with van der Waals surface area (Å²) < 4.78 is 2.06. The first-order chi connectivity index (χ1) is 9.70. The molecule has 2 unspecified atom stereocenters. The maximum atomic E-state index is 4.50. The molecule has 1 aromatic heterocycles. The molecule has 2 atom stereocenters. The Hall–Kier alpha value is -0.830. The summed E-state index contributed by atoms with van der Waals surface area (Å²) in [6.07, 6.45) is 8.29. The van der Waals surface area contributed by atoms with Gasteiger partial charge in [0.1, 0.15) is 0 Å². The van der Waals surface area contributed by atoms with Gasteiger partial charge in [0.25, 0.3) is 0 Å². The van der Waals surface area contributed by atoms with Crippen molar-refractivity contribution in [3.05, 3.63) is 18.0 Å². The van der Waals surface area contributed by atoms with Gasteiger partial charge in [-0.15, -0.1) is 0 Å². The van der Waals surface area contributed by atoms with Crippen LogP contribution in [0.3, 0.4) is 0 Å². The number of aryl methyl sites for hydroxylation is 1. The Morgan fingerprint density at radius 3 is 2.67 bits per heavy atom. The van der Waals surface area contributed by atoms with Gasteiger partial charge >= 0.3 is 0 Å². The van der Waals surface area contributed by atoms with Gasteiger partial charge < -0.3 is 5.32 Å². The molecule has 0 aromatic carbocycles. The quantitative estimate of drug-likeness (QED) is 0.901. The maximum absolute atomic E-state index is 4.50. The second kappa shape index (κ2) is 6.12. The number of hydrogen-bond acceptors (Lipinski definition) is 2. The van der Waals surface area contributed by atoms with Crippen molar-refractivity contribution in [3.63, 3.8) is 0 Å². The SMILES string of the molecule is CCn1cc(C2CC(C)(C)CCC2CNC(C)(C)C)cn1. The third-order valence-electron chi connectivity index (χ3n) is 4.83. The second-order valence-electron chi connectivity index (χ2n) is 8.53. The Balaban J connectivity index is 2.13. The summed E-state index contributed by atoms with van der Waals surface area (Å²) in [7, 11) is 0. The largest absolute Gasteiger partial charge is 0.312 e. The van der Waals surface area contributed by atoms with E-state index < -0.39 is 0 Å². The van der Waals surface area contributed by atoms with E-state index in [-0.39, 0.29) is 5.54 Å². The molecule has 1 heterocycles. The van der Waals surface area contributed by atoms with Crippen LogP contribution in [0, 0.1) is 11.3 Å². The summed E-state index contributed by atoms with van der Waals surface area (Å²) >= 11 is 0. The predicted molar refractivity (Wildman–Crippen MR) is 89.5 cm³/mol. The van der Waals surface area contributed by atoms with E-state index >= 15 is 0 Å². The Bertz CT molecular complexity index is 453. The van der Waals surface area contributed by atoms with E-state index in [4.69, 9.17) is 0 Å². The highest BCUT2D eigenvalue weighted by atomic mass is 15.3. The number of hydrogen-bond donors (Lipinski definition) is 1. The Kier molecular flexibility index (Phi) is 4.82. The molecule has 1 aliphatic carbocycles. The van der Waals surface area contributed by atoms with Gasteiger partial charge in [-0.2, -0.15) is 5.10 Å². The minimum atomic E-state index is 0.200. The van der Waals surface area contributed by atoms with Crippen molar-refractivity contribution in [2.75, 3.05) is 6.54 Å². The number of rotatable bonds is 4. The third-order valence-corrected chi connectivity index (χ3v) is 4.83. The highest BCUT2D eigenvalue weighted by Crippen LogP contribution is 2.46. The zero-order chi connectivity index (χ0) is 15.7. The molecule has 1 N–H and O–H groups in total. The first-order valence-corrected chi connectivity index (χ1v) is 8.47. The van der Waals surface area contributed by atoms with Crippen molar-refractivity contribution in [2.45, 2.75) is 78.8 Å². The minimum absolute atomic E-state index is 0.200. The van der Waals surface area contributed by atoms with E-state index in [1.807, 2.05) is 0 Å². The Morgan fingerprint density at radius 1 is 1.38 bits per heavy atom. The molecule has 1 aromatic rings. The number of nitrogens with zero attached hydrogens (tertiary/aromatic N) is 2. The first kappa shape index (κ1) is 16.5. The van der Waals surface area contributed by atoms with Gasteiger partial charge in [0.2, 0.25) is 0 Å². The average Bonchev–Trinajstić information content (AvgIpc) is 2.84. The van der Waals surface area contributed by atoms with E-state index in [0.29, 0.717) is 11.3 Å². The Morgan fingerprint density at radius 2 is 2.10 bits per heavy atom. The number of aromatic nitrogens is 2. The van der Waals surface area contributed by atoms with Crippen molar-refractivity contribution in [2.24, 2.45) is 11.3 Å². The lowest BCUT2D eigenvalue weighted by Crippen LogP contribution is -2.42. The van der Waals surface area contributed by atoms with Crippen molar-refractivity contribution < 1.29 is 0 Å². The topological polar surface area (TPSA) is 29.9 Å². The fraction of sp³-hybridized carbons (Fsp3) is 0.833. The van der Waals surface area contributed by atoms with E-state index in [2.05, 4.69) is 69.0 Å². The van der Waals surface area contributed by atoms with Crippen LogP contribution in [0.2, 0.25) is 0 Å². The molecule has 1 aliphatic rings. The van der Waals surface area contributed by atoms with Crippen LogP contribution in [-0.4, -0.2) is 21.9 Å². The van der Waals surface area contributed by atoms with Gasteiger partial charge in [0, 0.05) is 18.3 Å². The molecular formula is C18H33N3. The van der Waals surface area contributed by atoms with E-state index in [9.17, 15) is 0 Å². The van der Waals surface area contributed by atoms with E-state index in [0.717, 1.165) is 19.0 Å². The smallest absolute Gasteiger partial charge is 0.0524 e. The van der Waals surface area contributed by atoms with Crippen molar-refractivity contribution >= 4 is 0 Å². The molecule has 3 nitrogen and oxygen atoms in total. The highest BCUT2D eigenvalue weighted by molar-refractivity contribution is 5.15. The zero-order valence-corrected chi connectivity index (χ0v) is 14.7. The van der Waals surface area contributed by atoms with Crippen LogP contribution in [0.15, 0.2) is 12.4 Å². The molecule has 0 aliphatic heterocycles. The van der Waals surface area contributed by atoms with E-state index in [1.54, 1.807) is 0 Å². The van der Waals surface area contributed by atoms with Gasteiger partial charge in [-0.25, -0.2) is 0 Å². The minimum Gasteiger partial charge on any atom is -0.312 e. The fourth-order valence-corrected chi connectivity index (χ4v) is 3.46. The molecule has 0 radical (unpaired) electrons. The highest BCUT2D eigenvalue weighted by Gasteiger charge is 2.36. The third kappa shape index (κ3) is 4.57. The van der Waals surface area contributed by atoms with Gasteiger partial charge in [-0.3, -0.25) is 4.68 Å². The van der Waals surface area contributed by atoms with Crippen LogP contribution in [0.25, 0.3) is 0 Å². The molecule has 3 heteroatoms. The van der Waals surface area contributed by atoms with Gasteiger partial charge in [0.15, 0.2) is 0 Å². The standard InChI is InChI=1S/C18H33N3/c1-7-21-13-15(12-20-21)16-10-18(5,6)9-8-14(16)11-19-17(2,3)4/h12-14,16,19H,7-11H2,1-6H3. The van der Waals surface area contributed by atoms with Crippen LogP contribution >= 0.6 is 0 Å². The van der Waals surface area contributed by atoms with Crippen molar-refractivity contribution in [3.8, 4) is 0 Å². The molecule has 21 heavy (non-hydrogen) atoms. The molecule has 0 saturated heterocycles. The van der Waals surface area contributed by atoms with Crippen LogP contribution in [0.4, 0.5) is 0 Å². The van der Waals surface area contributed by atoms with Crippen LogP contribution in [0.1, 0.15) is 72.3 Å². The molecule has 1 fully saturated rings. The Labute approximate surface area is 130 Å². The summed E-state index contributed by atoms with van der Waals surface area (Å²) in [6.45, 7) is 15.8. The van der Waals surface area contributed by atoms with Crippen LogP contribution in [-0.2, 0) is 6.54 Å². The van der Waals surface area contributed by atoms with Gasteiger partial charge in [-0.05, 0) is 76.3 Å². The zero-order valence-electron chi connectivity index (χ0n) is 14.7. The summed E-state index contributed by atoms with van der Waals surface area (Å²) in [4.78, 5) is 0. The lowest BCUT2D eigenvalue weighted by Gasteiger charge is -2.41. The number of nitrogens with one attached hydrogen (secondary N) is 1. The monoisotopic (exact) mass is 291 g/mol.